The number of nitrogens with one attached hydrogen (secondary N) is 8. The van der Waals surface area contributed by atoms with Crippen molar-refractivity contribution in [2.24, 2.45) is 0 Å². The Labute approximate surface area is 159 Å². The van der Waals surface area contributed by atoms with Crippen LogP contribution in [0.1, 0.15) is 13.8 Å². The highest BCUT2D eigenvalue weighted by Gasteiger charge is 2.30. The lowest BCUT2D eigenvalue weighted by atomic mass is 9.97. The van der Waals surface area contributed by atoms with Gasteiger partial charge in [0, 0.05) is 78.5 Å². The smallest absolute Gasteiger partial charge is 0.0558 e. The number of rotatable bonds is 4. The lowest BCUT2D eigenvalue weighted by molar-refractivity contribution is 0.259. The van der Waals surface area contributed by atoms with Crippen molar-refractivity contribution >= 4 is 0 Å². The Morgan fingerprint density at radius 3 is 0.923 bits per heavy atom. The molecule has 3 saturated heterocycles. The van der Waals surface area contributed by atoms with Gasteiger partial charge in [0.1, 0.15) is 0 Å². The highest BCUT2D eigenvalue weighted by molar-refractivity contribution is 4.97. The Morgan fingerprint density at radius 1 is 0.500 bits per heavy atom. The zero-order valence-electron chi connectivity index (χ0n) is 16.9. The molecule has 8 nitrogen and oxygen atoms in total. The van der Waals surface area contributed by atoms with Crippen molar-refractivity contribution in [1.82, 2.24) is 42.5 Å². The molecular weight excluding hydrogens is 328 g/mol. The Balaban J connectivity index is 2.11. The van der Waals surface area contributed by atoms with E-state index >= 15 is 0 Å². The van der Waals surface area contributed by atoms with Crippen molar-refractivity contribution in [2.45, 2.75) is 24.9 Å². The van der Waals surface area contributed by atoms with Crippen LogP contribution in [-0.2, 0) is 0 Å². The van der Waals surface area contributed by atoms with Gasteiger partial charge < -0.3 is 42.5 Å². The quantitative estimate of drug-likeness (QED) is 0.270. The van der Waals surface area contributed by atoms with Gasteiger partial charge in [0.25, 0.3) is 0 Å². The maximum absolute atomic E-state index is 3.73. The third-order valence-corrected chi connectivity index (χ3v) is 5.32. The molecule has 3 heterocycles. The predicted molar refractivity (Wildman–Crippen MR) is 110 cm³/mol. The lowest BCUT2D eigenvalue weighted by Gasteiger charge is -2.38. The molecule has 3 fully saturated rings. The van der Waals surface area contributed by atoms with Crippen LogP contribution >= 0.6 is 0 Å². The van der Waals surface area contributed by atoms with Crippen LogP contribution in [0, 0.1) is 0 Å². The first-order chi connectivity index (χ1) is 12.7. The summed E-state index contributed by atoms with van der Waals surface area (Å²) >= 11 is 0. The molecule has 0 aromatic rings. The third kappa shape index (κ3) is 7.36. The van der Waals surface area contributed by atoms with Gasteiger partial charge in [0.05, 0.1) is 11.1 Å². The van der Waals surface area contributed by atoms with Crippen LogP contribution in [0.2, 0.25) is 0 Å². The van der Waals surface area contributed by atoms with E-state index in [0.717, 1.165) is 91.6 Å². The molecule has 154 valence electrons. The summed E-state index contributed by atoms with van der Waals surface area (Å²) in [7, 11) is 0. The summed E-state index contributed by atoms with van der Waals surface area (Å²) in [5, 5.41) is 29.4. The summed E-state index contributed by atoms with van der Waals surface area (Å²) in [4.78, 5) is 0. The van der Waals surface area contributed by atoms with E-state index in [2.05, 4.69) is 56.4 Å². The number of hydrogen-bond acceptors (Lipinski definition) is 8. The van der Waals surface area contributed by atoms with Crippen molar-refractivity contribution < 1.29 is 0 Å². The third-order valence-electron chi connectivity index (χ3n) is 5.32. The summed E-state index contributed by atoms with van der Waals surface area (Å²) in [5.74, 6) is 0. The van der Waals surface area contributed by atoms with E-state index in [-0.39, 0.29) is 11.1 Å². The lowest BCUT2D eigenvalue weighted by Crippen LogP contribution is -2.67. The molecule has 0 spiro atoms. The van der Waals surface area contributed by atoms with Crippen LogP contribution in [0.5, 0.6) is 0 Å². The Hall–Kier alpha value is -0.320. The van der Waals surface area contributed by atoms with Gasteiger partial charge in [-0.3, -0.25) is 0 Å². The first kappa shape index (κ1) is 22.0. The normalized spacial score (nSPS) is 33.5. The Morgan fingerprint density at radius 2 is 0.731 bits per heavy atom. The van der Waals surface area contributed by atoms with E-state index in [1.165, 1.54) is 0 Å². The Bertz CT molecular complexity index is 288. The maximum Gasteiger partial charge on any atom is 0.0558 e. The average Bonchev–Trinajstić information content (AvgIpc) is 2.63. The van der Waals surface area contributed by atoms with Crippen LogP contribution in [0.15, 0.2) is 0 Å². The van der Waals surface area contributed by atoms with E-state index in [4.69, 9.17) is 0 Å². The molecule has 8 N–H and O–H groups in total. The Kier molecular flexibility index (Phi) is 10.3. The van der Waals surface area contributed by atoms with Crippen molar-refractivity contribution in [1.29, 1.82) is 0 Å². The molecule has 0 radical (unpaired) electrons. The van der Waals surface area contributed by atoms with Gasteiger partial charge in [-0.2, -0.15) is 0 Å². The van der Waals surface area contributed by atoms with Gasteiger partial charge in [-0.1, -0.05) is 13.8 Å². The molecule has 0 aromatic heterocycles. The van der Waals surface area contributed by atoms with Crippen molar-refractivity contribution in [2.75, 3.05) is 91.6 Å². The second-order valence-corrected chi connectivity index (χ2v) is 7.68. The summed E-state index contributed by atoms with van der Waals surface area (Å²) in [6.45, 7) is 18.0. The molecule has 3 aliphatic heterocycles. The summed E-state index contributed by atoms with van der Waals surface area (Å²) in [6, 6.07) is 0. The zero-order valence-corrected chi connectivity index (χ0v) is 16.9. The molecule has 0 aromatic carbocycles. The number of hydrogen-bond donors (Lipinski definition) is 8. The second-order valence-electron chi connectivity index (χ2n) is 7.68. The van der Waals surface area contributed by atoms with E-state index in [0.29, 0.717) is 0 Å². The molecule has 0 atom stereocenters. The minimum absolute atomic E-state index is 0.0382. The van der Waals surface area contributed by atoms with Gasteiger partial charge in [-0.05, 0) is 13.1 Å². The molecule has 26 heavy (non-hydrogen) atoms. The van der Waals surface area contributed by atoms with Crippen molar-refractivity contribution in [3.63, 3.8) is 0 Å². The maximum atomic E-state index is 3.73. The van der Waals surface area contributed by atoms with E-state index in [1.54, 1.807) is 0 Å². The van der Waals surface area contributed by atoms with E-state index in [9.17, 15) is 0 Å². The summed E-state index contributed by atoms with van der Waals surface area (Å²) < 4.78 is 0. The van der Waals surface area contributed by atoms with Gasteiger partial charge in [-0.15, -0.1) is 0 Å². The first-order valence-corrected chi connectivity index (χ1v) is 10.5. The zero-order chi connectivity index (χ0) is 18.6. The molecule has 2 bridgehead atoms. The fraction of sp³-hybridized carbons (Fsp3) is 1.00. The highest BCUT2D eigenvalue weighted by Crippen LogP contribution is 2.04. The minimum Gasteiger partial charge on any atom is -0.314 e. The van der Waals surface area contributed by atoms with Crippen LogP contribution in [0.3, 0.4) is 0 Å². The fourth-order valence-corrected chi connectivity index (χ4v) is 4.00. The molecule has 0 amide bonds. The summed E-state index contributed by atoms with van der Waals surface area (Å²) in [6.07, 6.45) is 0. The average molecular weight is 371 g/mol. The molecular formula is C18H42N8. The number of likely N-dealkylation sites (N-methyl/N-ethyl adjacent to an activating group) is 2. The molecule has 0 aliphatic carbocycles. The van der Waals surface area contributed by atoms with Crippen molar-refractivity contribution in [3.8, 4) is 0 Å². The van der Waals surface area contributed by atoms with Gasteiger partial charge in [0.2, 0.25) is 0 Å². The van der Waals surface area contributed by atoms with Crippen LogP contribution in [0.25, 0.3) is 0 Å². The van der Waals surface area contributed by atoms with Crippen LogP contribution in [0.4, 0.5) is 0 Å². The molecule has 3 rings (SSSR count). The number of fused-ring (bicyclic) bond motifs is 15. The van der Waals surface area contributed by atoms with Gasteiger partial charge in [-0.25, -0.2) is 0 Å². The van der Waals surface area contributed by atoms with E-state index < -0.39 is 0 Å². The topological polar surface area (TPSA) is 96.2 Å². The highest BCUT2D eigenvalue weighted by atomic mass is 15.2. The molecule has 3 aliphatic rings. The van der Waals surface area contributed by atoms with Gasteiger partial charge >= 0.3 is 0 Å². The van der Waals surface area contributed by atoms with E-state index in [1.807, 2.05) is 0 Å². The molecule has 0 unspecified atom stereocenters. The first-order valence-electron chi connectivity index (χ1n) is 10.5. The van der Waals surface area contributed by atoms with Gasteiger partial charge in [0.15, 0.2) is 0 Å². The predicted octanol–water partition coefficient (Wildman–Crippen LogP) is -2.75. The SMILES string of the molecule is CCNC12CNCCNCC(NCC)(CNCCNC1)CNCCNC2. The monoisotopic (exact) mass is 370 g/mol. The molecule has 8 heteroatoms. The largest absolute Gasteiger partial charge is 0.314 e. The minimum atomic E-state index is 0.0382. The molecule has 0 saturated carbocycles. The van der Waals surface area contributed by atoms with Crippen LogP contribution < -0.4 is 42.5 Å². The van der Waals surface area contributed by atoms with Crippen LogP contribution in [-0.4, -0.2) is 103 Å². The fourth-order valence-electron chi connectivity index (χ4n) is 4.00. The summed E-state index contributed by atoms with van der Waals surface area (Å²) in [5.41, 5.74) is 0.0764. The second kappa shape index (κ2) is 12.2. The standard InChI is InChI=1S/C18H42N8/c1-3-25-17-11-19-5-8-22-14-18(26-4-2,15-23-9-6-20-12-17)16-24-10-7-21-13-17/h19-26H,3-16H2,1-2H3. The van der Waals surface area contributed by atoms with Crippen molar-refractivity contribution in [3.05, 3.63) is 0 Å².